The molecule has 5 heteroatoms. The first-order valence-corrected chi connectivity index (χ1v) is 9.63. The second-order valence-corrected chi connectivity index (χ2v) is 7.82. The quantitative estimate of drug-likeness (QED) is 0.615. The van der Waals surface area contributed by atoms with Gasteiger partial charge in [0.1, 0.15) is 0 Å². The normalized spacial score (nSPS) is 17.6. The van der Waals surface area contributed by atoms with Crippen LogP contribution in [0.25, 0.3) is 0 Å². The highest BCUT2D eigenvalue weighted by molar-refractivity contribution is 14.1. The molecule has 2 aromatic rings. The van der Waals surface area contributed by atoms with Gasteiger partial charge >= 0.3 is 0 Å². The van der Waals surface area contributed by atoms with Crippen LogP contribution in [0, 0.1) is 3.57 Å². The highest BCUT2D eigenvalue weighted by Gasteiger charge is 2.18. The van der Waals surface area contributed by atoms with Gasteiger partial charge in [-0.15, -0.1) is 0 Å². The van der Waals surface area contributed by atoms with Gasteiger partial charge < -0.3 is 10.2 Å². The first-order chi connectivity index (χ1) is 11.5. The molecule has 1 atom stereocenters. The van der Waals surface area contributed by atoms with Crippen LogP contribution >= 0.6 is 34.2 Å². The maximum Gasteiger partial charge on any atom is 0.257 e. The van der Waals surface area contributed by atoms with Crippen LogP contribution in [0.15, 0.2) is 42.5 Å². The van der Waals surface area contributed by atoms with E-state index in [4.69, 9.17) is 11.6 Å². The van der Waals surface area contributed by atoms with Crippen molar-refractivity contribution >= 4 is 51.5 Å². The van der Waals surface area contributed by atoms with Gasteiger partial charge in [0.05, 0.1) is 10.6 Å². The number of hydrogen-bond donors (Lipinski definition) is 1. The van der Waals surface area contributed by atoms with Crippen LogP contribution in [0.4, 0.5) is 11.4 Å². The first-order valence-electron chi connectivity index (χ1n) is 8.18. The Balaban J connectivity index is 1.72. The Hall–Kier alpha value is -1.27. The molecule has 3 nitrogen and oxygen atoms in total. The zero-order valence-electron chi connectivity index (χ0n) is 13.6. The molecule has 0 spiro atoms. The Labute approximate surface area is 161 Å². The third-order valence-corrected chi connectivity index (χ3v) is 5.43. The fourth-order valence-corrected chi connectivity index (χ4v) is 3.78. The maximum atomic E-state index is 12.4. The largest absolute Gasteiger partial charge is 0.369 e. The molecule has 1 aliphatic rings. The minimum Gasteiger partial charge on any atom is -0.369 e. The Morgan fingerprint density at radius 3 is 2.67 bits per heavy atom. The van der Waals surface area contributed by atoms with E-state index in [2.05, 4.69) is 51.9 Å². The molecule has 3 rings (SSSR count). The Morgan fingerprint density at radius 2 is 1.96 bits per heavy atom. The summed E-state index contributed by atoms with van der Waals surface area (Å²) in [6.45, 7) is 3.37. The van der Waals surface area contributed by atoms with Gasteiger partial charge in [0.25, 0.3) is 5.91 Å². The lowest BCUT2D eigenvalue weighted by Crippen LogP contribution is -2.37. The van der Waals surface area contributed by atoms with Crippen LogP contribution in [0.5, 0.6) is 0 Å². The van der Waals surface area contributed by atoms with Crippen molar-refractivity contribution in [3.05, 3.63) is 56.6 Å². The van der Waals surface area contributed by atoms with Crippen molar-refractivity contribution in [2.24, 2.45) is 0 Å². The molecule has 1 heterocycles. The SMILES string of the molecule is C[C@@H]1CCCCN1c1ccc(NC(=O)c2cc(I)ccc2Cl)cc1. The second kappa shape index (κ2) is 7.74. The van der Waals surface area contributed by atoms with Crippen LogP contribution in [-0.4, -0.2) is 18.5 Å². The van der Waals surface area contributed by atoms with Gasteiger partial charge in [-0.05, 0) is 91.2 Å². The van der Waals surface area contributed by atoms with Crippen LogP contribution in [-0.2, 0) is 0 Å². The Kier molecular flexibility index (Phi) is 5.66. The predicted molar refractivity (Wildman–Crippen MR) is 109 cm³/mol. The molecular formula is C19H20ClIN2O. The Bertz CT molecular complexity index is 733. The van der Waals surface area contributed by atoms with Crippen LogP contribution in [0.3, 0.4) is 0 Å². The number of nitrogens with one attached hydrogen (secondary N) is 1. The van der Waals surface area contributed by atoms with E-state index >= 15 is 0 Å². The van der Waals surface area contributed by atoms with Crippen LogP contribution < -0.4 is 10.2 Å². The summed E-state index contributed by atoms with van der Waals surface area (Å²) in [6, 6.07) is 14.1. The number of hydrogen-bond acceptors (Lipinski definition) is 2. The van der Waals surface area contributed by atoms with Gasteiger partial charge in [0.2, 0.25) is 0 Å². The third-order valence-electron chi connectivity index (χ3n) is 4.43. The lowest BCUT2D eigenvalue weighted by molar-refractivity contribution is 0.102. The van der Waals surface area contributed by atoms with Crippen molar-refractivity contribution in [3.8, 4) is 0 Å². The third kappa shape index (κ3) is 4.03. The molecular weight excluding hydrogens is 435 g/mol. The van der Waals surface area contributed by atoms with Crippen molar-refractivity contribution in [1.29, 1.82) is 0 Å². The number of carbonyl (C=O) groups excluding carboxylic acids is 1. The van der Waals surface area contributed by atoms with Gasteiger partial charge in [-0.1, -0.05) is 11.6 Å². The van der Waals surface area contributed by atoms with Crippen LogP contribution in [0.2, 0.25) is 5.02 Å². The minimum absolute atomic E-state index is 0.183. The highest BCUT2D eigenvalue weighted by Crippen LogP contribution is 2.26. The average molecular weight is 455 g/mol. The Morgan fingerprint density at radius 1 is 1.21 bits per heavy atom. The van der Waals surface area contributed by atoms with Crippen molar-refractivity contribution < 1.29 is 4.79 Å². The number of halogens is 2. The maximum absolute atomic E-state index is 12.4. The van der Waals surface area contributed by atoms with E-state index in [1.807, 2.05) is 18.2 Å². The number of piperidine rings is 1. The lowest BCUT2D eigenvalue weighted by atomic mass is 10.0. The molecule has 0 radical (unpaired) electrons. The summed E-state index contributed by atoms with van der Waals surface area (Å²) in [5.41, 5.74) is 2.49. The van der Waals surface area contributed by atoms with Gasteiger partial charge in [0, 0.05) is 27.5 Å². The molecule has 0 aromatic heterocycles. The van der Waals surface area contributed by atoms with Crippen molar-refractivity contribution in [2.45, 2.75) is 32.2 Å². The molecule has 0 saturated carbocycles. The molecule has 1 amide bonds. The topological polar surface area (TPSA) is 32.3 Å². The van der Waals surface area contributed by atoms with E-state index in [0.717, 1.165) is 15.8 Å². The lowest BCUT2D eigenvalue weighted by Gasteiger charge is -2.35. The first kappa shape index (κ1) is 17.5. The summed E-state index contributed by atoms with van der Waals surface area (Å²) in [5.74, 6) is -0.183. The smallest absolute Gasteiger partial charge is 0.257 e. The van der Waals surface area contributed by atoms with Gasteiger partial charge in [-0.2, -0.15) is 0 Å². The standard InChI is InChI=1S/C19H20ClIN2O/c1-13-4-2-3-11-23(13)16-8-6-15(7-9-16)22-19(24)17-12-14(21)5-10-18(17)20/h5-10,12-13H,2-4,11H2,1H3,(H,22,24)/t13-/m1/s1. The minimum atomic E-state index is -0.183. The number of rotatable bonds is 3. The van der Waals surface area contributed by atoms with Gasteiger partial charge in [-0.3, -0.25) is 4.79 Å². The van der Waals surface area contributed by atoms with E-state index in [1.165, 1.54) is 24.9 Å². The molecule has 0 unspecified atom stereocenters. The summed E-state index contributed by atoms with van der Waals surface area (Å²) in [6.07, 6.45) is 3.79. The summed E-state index contributed by atoms with van der Waals surface area (Å²) >= 11 is 8.30. The van der Waals surface area contributed by atoms with E-state index in [0.29, 0.717) is 16.6 Å². The van der Waals surface area contributed by atoms with E-state index in [-0.39, 0.29) is 5.91 Å². The number of anilines is 2. The second-order valence-electron chi connectivity index (χ2n) is 6.16. The predicted octanol–water partition coefficient (Wildman–Crippen LogP) is 5.58. The van der Waals surface area contributed by atoms with E-state index < -0.39 is 0 Å². The number of carbonyl (C=O) groups is 1. The number of amides is 1. The summed E-state index contributed by atoms with van der Waals surface area (Å²) in [4.78, 5) is 14.9. The van der Waals surface area contributed by atoms with Gasteiger partial charge in [-0.25, -0.2) is 0 Å². The zero-order chi connectivity index (χ0) is 17.1. The zero-order valence-corrected chi connectivity index (χ0v) is 16.5. The van der Waals surface area contributed by atoms with E-state index in [1.54, 1.807) is 12.1 Å². The molecule has 24 heavy (non-hydrogen) atoms. The highest BCUT2D eigenvalue weighted by atomic mass is 127. The van der Waals surface area contributed by atoms with E-state index in [9.17, 15) is 4.79 Å². The molecule has 1 N–H and O–H groups in total. The van der Waals surface area contributed by atoms with Crippen molar-refractivity contribution in [2.75, 3.05) is 16.8 Å². The molecule has 1 fully saturated rings. The fraction of sp³-hybridized carbons (Fsp3) is 0.316. The van der Waals surface area contributed by atoms with Crippen molar-refractivity contribution in [3.63, 3.8) is 0 Å². The molecule has 126 valence electrons. The average Bonchev–Trinajstić information content (AvgIpc) is 2.58. The molecule has 0 bridgehead atoms. The fourth-order valence-electron chi connectivity index (χ4n) is 3.09. The molecule has 1 aliphatic heterocycles. The summed E-state index contributed by atoms with van der Waals surface area (Å²) in [7, 11) is 0. The van der Waals surface area contributed by atoms with Crippen LogP contribution in [0.1, 0.15) is 36.5 Å². The molecule has 0 aliphatic carbocycles. The molecule has 2 aromatic carbocycles. The number of nitrogens with zero attached hydrogens (tertiary/aromatic N) is 1. The van der Waals surface area contributed by atoms with Gasteiger partial charge in [0.15, 0.2) is 0 Å². The van der Waals surface area contributed by atoms with Crippen molar-refractivity contribution in [1.82, 2.24) is 0 Å². The molecule has 1 saturated heterocycles. The number of benzene rings is 2. The summed E-state index contributed by atoms with van der Waals surface area (Å²) < 4.78 is 0.983. The summed E-state index contributed by atoms with van der Waals surface area (Å²) in [5, 5.41) is 3.39. The monoisotopic (exact) mass is 454 g/mol.